The predicted molar refractivity (Wildman–Crippen MR) is 110 cm³/mol. The lowest BCUT2D eigenvalue weighted by Gasteiger charge is -2.19. The van der Waals surface area contributed by atoms with Gasteiger partial charge in [0.2, 0.25) is 0 Å². The maximum Gasteiger partial charge on any atom is 0.405 e. The second-order valence-electron chi connectivity index (χ2n) is 7.56. The number of aromatic nitrogens is 1. The molecule has 1 fully saturated rings. The number of alkyl halides is 3. The van der Waals surface area contributed by atoms with Crippen LogP contribution in [0.5, 0.6) is 5.75 Å². The highest BCUT2D eigenvalue weighted by molar-refractivity contribution is 5.77. The lowest BCUT2D eigenvalue weighted by Crippen LogP contribution is -2.36. The van der Waals surface area contributed by atoms with Gasteiger partial charge in [0.15, 0.2) is 6.61 Å². The first-order valence-electron chi connectivity index (χ1n) is 9.93. The van der Waals surface area contributed by atoms with Crippen LogP contribution in [0.1, 0.15) is 42.6 Å². The zero-order chi connectivity index (χ0) is 22.6. The highest BCUT2D eigenvalue weighted by Gasteiger charge is 2.27. The minimum Gasteiger partial charge on any atom is -0.484 e. The molecule has 1 amide bonds. The topological polar surface area (TPSA) is 60.3 Å². The molecule has 8 heteroatoms. The summed E-state index contributed by atoms with van der Waals surface area (Å²) in [7, 11) is 0. The maximum absolute atomic E-state index is 12.6. The highest BCUT2D eigenvalue weighted by atomic mass is 19.4. The molecule has 1 aromatic carbocycles. The van der Waals surface area contributed by atoms with Crippen LogP contribution in [-0.2, 0) is 4.79 Å². The second-order valence-corrected chi connectivity index (χ2v) is 7.56. The van der Waals surface area contributed by atoms with Gasteiger partial charge in [0.05, 0.1) is 6.04 Å². The van der Waals surface area contributed by atoms with Gasteiger partial charge in [-0.2, -0.15) is 13.2 Å². The van der Waals surface area contributed by atoms with Crippen LogP contribution in [0.4, 0.5) is 13.2 Å². The molecule has 0 radical (unpaired) electrons. The number of ether oxygens (including phenoxy) is 1. The molecule has 31 heavy (non-hydrogen) atoms. The number of amides is 1. The molecular weight excluding hydrogens is 409 g/mol. The van der Waals surface area contributed by atoms with E-state index in [2.05, 4.69) is 11.8 Å². The van der Waals surface area contributed by atoms with Gasteiger partial charge in [-0.05, 0) is 50.5 Å². The van der Waals surface area contributed by atoms with Gasteiger partial charge in [-0.25, -0.2) is 0 Å². The van der Waals surface area contributed by atoms with Crippen molar-refractivity contribution in [3.8, 4) is 17.6 Å². The van der Waals surface area contributed by atoms with Crippen molar-refractivity contribution >= 4 is 5.91 Å². The van der Waals surface area contributed by atoms with Crippen LogP contribution in [0.25, 0.3) is 0 Å². The van der Waals surface area contributed by atoms with Crippen molar-refractivity contribution < 1.29 is 22.7 Å². The van der Waals surface area contributed by atoms with Gasteiger partial charge in [0, 0.05) is 23.2 Å². The molecule has 3 rings (SSSR count). The average molecular weight is 432 g/mol. The summed E-state index contributed by atoms with van der Waals surface area (Å²) in [6, 6.07) is 10.3. The molecule has 1 aliphatic rings. The largest absolute Gasteiger partial charge is 0.484 e. The molecule has 2 aromatic rings. The SMILES string of the molecule is Cc1cc(OCC(=O)NCC(F)(F)F)cc(=O)n1[C@H](C)c1ccc(C#CC2CC2)cc1. The van der Waals surface area contributed by atoms with Crippen molar-refractivity contribution in [1.82, 2.24) is 9.88 Å². The third-order valence-electron chi connectivity index (χ3n) is 4.87. The van der Waals surface area contributed by atoms with E-state index in [4.69, 9.17) is 4.74 Å². The molecule has 0 saturated heterocycles. The van der Waals surface area contributed by atoms with Gasteiger partial charge in [0.25, 0.3) is 11.5 Å². The van der Waals surface area contributed by atoms with E-state index >= 15 is 0 Å². The fourth-order valence-electron chi connectivity index (χ4n) is 3.07. The maximum atomic E-state index is 12.6. The smallest absolute Gasteiger partial charge is 0.405 e. The molecule has 0 spiro atoms. The second kappa shape index (κ2) is 9.29. The molecule has 1 atom stereocenters. The van der Waals surface area contributed by atoms with Crippen molar-refractivity contribution in [2.75, 3.05) is 13.2 Å². The van der Waals surface area contributed by atoms with Gasteiger partial charge in [0.1, 0.15) is 12.3 Å². The lowest BCUT2D eigenvalue weighted by atomic mass is 10.1. The summed E-state index contributed by atoms with van der Waals surface area (Å²) in [6.07, 6.45) is -2.16. The molecule has 1 saturated carbocycles. The Hall–Kier alpha value is -3.21. The Labute approximate surface area is 178 Å². The Bertz CT molecular complexity index is 1060. The van der Waals surface area contributed by atoms with Gasteiger partial charge >= 0.3 is 6.18 Å². The molecule has 5 nitrogen and oxygen atoms in total. The number of benzene rings is 1. The summed E-state index contributed by atoms with van der Waals surface area (Å²) in [5.41, 5.74) is 2.13. The number of rotatable bonds is 6. The van der Waals surface area contributed by atoms with Crippen molar-refractivity contribution in [2.45, 2.75) is 38.9 Å². The number of carbonyl (C=O) groups excluding carboxylic acids is 1. The fourth-order valence-corrected chi connectivity index (χ4v) is 3.07. The van der Waals surface area contributed by atoms with Crippen LogP contribution < -0.4 is 15.6 Å². The molecule has 0 aliphatic heterocycles. The zero-order valence-corrected chi connectivity index (χ0v) is 17.3. The summed E-state index contributed by atoms with van der Waals surface area (Å²) in [5.74, 6) is 6.09. The van der Waals surface area contributed by atoms with E-state index < -0.39 is 25.2 Å². The van der Waals surface area contributed by atoms with Crippen LogP contribution in [0, 0.1) is 24.7 Å². The first-order valence-corrected chi connectivity index (χ1v) is 9.93. The number of carbonyl (C=O) groups is 1. The Kier molecular flexibility index (Phi) is 6.74. The number of nitrogens with zero attached hydrogens (tertiary/aromatic N) is 1. The van der Waals surface area contributed by atoms with Crippen molar-refractivity contribution in [1.29, 1.82) is 0 Å². The van der Waals surface area contributed by atoms with Crippen LogP contribution in [0.15, 0.2) is 41.2 Å². The molecule has 0 bridgehead atoms. The number of aryl methyl sites for hydroxylation is 1. The average Bonchev–Trinajstić information content (AvgIpc) is 3.53. The Morgan fingerprint density at radius 3 is 2.52 bits per heavy atom. The lowest BCUT2D eigenvalue weighted by molar-refractivity contribution is -0.139. The quantitative estimate of drug-likeness (QED) is 0.710. The highest BCUT2D eigenvalue weighted by Crippen LogP contribution is 2.27. The van der Waals surface area contributed by atoms with Crippen molar-refractivity contribution in [3.63, 3.8) is 0 Å². The molecule has 0 unspecified atom stereocenters. The summed E-state index contributed by atoms with van der Waals surface area (Å²) in [6.45, 7) is 1.57. The van der Waals surface area contributed by atoms with E-state index in [1.807, 2.05) is 31.2 Å². The van der Waals surface area contributed by atoms with Crippen LogP contribution in [0.3, 0.4) is 0 Å². The molecule has 1 aliphatic carbocycles. The first kappa shape index (κ1) is 22.5. The van der Waals surface area contributed by atoms with Gasteiger partial charge in [-0.15, -0.1) is 0 Å². The summed E-state index contributed by atoms with van der Waals surface area (Å²) in [4.78, 5) is 24.1. The number of nitrogens with one attached hydrogen (secondary N) is 1. The van der Waals surface area contributed by atoms with Crippen molar-refractivity contribution in [2.24, 2.45) is 5.92 Å². The normalized spacial score (nSPS) is 14.4. The monoisotopic (exact) mass is 432 g/mol. The van der Waals surface area contributed by atoms with E-state index in [0.717, 1.165) is 11.1 Å². The molecule has 1 aromatic heterocycles. The van der Waals surface area contributed by atoms with Gasteiger partial charge in [-0.3, -0.25) is 9.59 Å². The molecule has 1 N–H and O–H groups in total. The van der Waals surface area contributed by atoms with Gasteiger partial charge < -0.3 is 14.6 Å². The fraction of sp³-hybridized carbons (Fsp3) is 0.391. The van der Waals surface area contributed by atoms with E-state index in [9.17, 15) is 22.8 Å². The molecule has 1 heterocycles. The Balaban J connectivity index is 1.66. The number of hydrogen-bond acceptors (Lipinski definition) is 3. The first-order chi connectivity index (χ1) is 14.6. The van der Waals surface area contributed by atoms with E-state index in [-0.39, 0.29) is 17.4 Å². The van der Waals surface area contributed by atoms with Crippen molar-refractivity contribution in [3.05, 3.63) is 63.6 Å². The standard InChI is InChI=1S/C23H23F3N2O3/c1-15-11-20(31-13-21(29)27-14-23(24,25)26)12-22(30)28(15)16(2)19-9-7-18(8-10-19)6-5-17-3-4-17/h7-12,16-17H,3-4,13-14H2,1-2H3,(H,27,29)/t16-/m1/s1. The predicted octanol–water partition coefficient (Wildman–Crippen LogP) is 3.58. The number of halogens is 3. The molecule has 164 valence electrons. The third kappa shape index (κ3) is 6.64. The van der Waals surface area contributed by atoms with E-state index in [0.29, 0.717) is 11.6 Å². The summed E-state index contributed by atoms with van der Waals surface area (Å²) in [5, 5.41) is 1.71. The Morgan fingerprint density at radius 2 is 1.94 bits per heavy atom. The van der Waals surface area contributed by atoms with Crippen LogP contribution in [-0.4, -0.2) is 29.8 Å². The molecular formula is C23H23F3N2O3. The summed E-state index contributed by atoms with van der Waals surface area (Å²) < 4.78 is 43.2. The number of pyridine rings is 1. The van der Waals surface area contributed by atoms with E-state index in [1.54, 1.807) is 22.9 Å². The minimum atomic E-state index is -4.50. The Morgan fingerprint density at radius 1 is 1.26 bits per heavy atom. The van der Waals surface area contributed by atoms with Crippen LogP contribution in [0.2, 0.25) is 0 Å². The summed E-state index contributed by atoms with van der Waals surface area (Å²) >= 11 is 0. The number of hydrogen-bond donors (Lipinski definition) is 1. The minimum absolute atomic E-state index is 0.124. The van der Waals surface area contributed by atoms with Crippen LogP contribution >= 0.6 is 0 Å². The third-order valence-corrected chi connectivity index (χ3v) is 4.87. The zero-order valence-electron chi connectivity index (χ0n) is 17.3. The van der Waals surface area contributed by atoms with Gasteiger partial charge in [-0.1, -0.05) is 24.0 Å². The van der Waals surface area contributed by atoms with E-state index in [1.165, 1.54) is 18.9 Å².